The Bertz CT molecular complexity index is 413. The van der Waals surface area contributed by atoms with Crippen LogP contribution in [0, 0.1) is 0 Å². The number of aromatic nitrogens is 2. The smallest absolute Gasteiger partial charge is 0.171 e. The van der Waals surface area contributed by atoms with Crippen molar-refractivity contribution in [2.24, 2.45) is 0 Å². The van der Waals surface area contributed by atoms with Gasteiger partial charge in [0.05, 0.1) is 12.2 Å². The van der Waals surface area contributed by atoms with Gasteiger partial charge in [-0.25, -0.2) is 4.68 Å². The van der Waals surface area contributed by atoms with Crippen molar-refractivity contribution in [1.29, 1.82) is 0 Å². The van der Waals surface area contributed by atoms with Gasteiger partial charge in [0.25, 0.3) is 0 Å². The molecule has 20 heavy (non-hydrogen) atoms. The number of thiocarbonyl (C=S) groups is 1. The van der Waals surface area contributed by atoms with E-state index in [0.29, 0.717) is 11.2 Å². The summed E-state index contributed by atoms with van der Waals surface area (Å²) >= 11 is 7.20. The summed E-state index contributed by atoms with van der Waals surface area (Å²) in [5.74, 6) is 2.18. The second-order valence-corrected chi connectivity index (χ2v) is 6.57. The summed E-state index contributed by atoms with van der Waals surface area (Å²) in [7, 11) is 0. The van der Waals surface area contributed by atoms with Crippen molar-refractivity contribution in [1.82, 2.24) is 15.1 Å². The summed E-state index contributed by atoms with van der Waals surface area (Å²) in [4.78, 5) is 0. The molecule has 1 aliphatic carbocycles. The van der Waals surface area contributed by atoms with Gasteiger partial charge in [-0.1, -0.05) is 19.3 Å². The maximum absolute atomic E-state index is 5.34. The number of rotatable bonds is 6. The topological polar surface area (TPSA) is 41.9 Å². The highest BCUT2D eigenvalue weighted by Crippen LogP contribution is 2.29. The summed E-state index contributed by atoms with van der Waals surface area (Å²) in [6.07, 6.45) is 11.5. The Labute approximate surface area is 131 Å². The quantitative estimate of drug-likeness (QED) is 0.622. The molecule has 0 aromatic carbocycles. The fraction of sp³-hybridized carbons (Fsp3) is 0.714. The van der Waals surface area contributed by atoms with Crippen LogP contribution in [0.1, 0.15) is 44.6 Å². The molecule has 0 saturated heterocycles. The van der Waals surface area contributed by atoms with Gasteiger partial charge in [0, 0.05) is 12.6 Å². The highest BCUT2D eigenvalue weighted by atomic mass is 32.2. The van der Waals surface area contributed by atoms with Gasteiger partial charge in [0.15, 0.2) is 5.11 Å². The van der Waals surface area contributed by atoms with Crippen molar-refractivity contribution in [2.75, 3.05) is 23.9 Å². The summed E-state index contributed by atoms with van der Waals surface area (Å²) in [5, 5.41) is 11.7. The molecule has 2 rings (SSSR count). The van der Waals surface area contributed by atoms with E-state index in [0.717, 1.165) is 24.5 Å². The van der Waals surface area contributed by atoms with Gasteiger partial charge >= 0.3 is 0 Å². The molecule has 0 aliphatic heterocycles. The van der Waals surface area contributed by atoms with E-state index in [1.54, 1.807) is 0 Å². The number of thioether (sulfide) groups is 1. The summed E-state index contributed by atoms with van der Waals surface area (Å²) in [6, 6.07) is 2.53. The molecular weight excluding hydrogens is 288 g/mol. The molecule has 1 aliphatic rings. The lowest BCUT2D eigenvalue weighted by Crippen LogP contribution is -2.31. The average molecular weight is 313 g/mol. The monoisotopic (exact) mass is 312 g/mol. The summed E-state index contributed by atoms with van der Waals surface area (Å²) < 4.78 is 2.11. The molecular formula is C14H24N4S2. The lowest BCUT2D eigenvalue weighted by Gasteiger charge is -2.24. The SMILES string of the molecule is CSCCCNC(=S)Nc1ccnn1C1CCCCC1. The standard InChI is InChI=1S/C14H24N4S2/c1-20-11-5-9-15-14(19)17-13-8-10-16-18(13)12-6-3-2-4-7-12/h8,10,12H,2-7,9,11H2,1H3,(H2,15,17,19). The van der Waals surface area contributed by atoms with E-state index in [9.17, 15) is 0 Å². The zero-order chi connectivity index (χ0) is 14.2. The van der Waals surface area contributed by atoms with E-state index in [1.165, 1.54) is 32.1 Å². The van der Waals surface area contributed by atoms with Gasteiger partial charge in [-0.3, -0.25) is 0 Å². The first-order chi connectivity index (χ1) is 9.81. The highest BCUT2D eigenvalue weighted by molar-refractivity contribution is 7.98. The van der Waals surface area contributed by atoms with Crippen molar-refractivity contribution in [3.8, 4) is 0 Å². The molecule has 0 spiro atoms. The predicted octanol–water partition coefficient (Wildman–Crippen LogP) is 3.43. The Hall–Kier alpha value is -0.750. The van der Waals surface area contributed by atoms with E-state index in [-0.39, 0.29) is 0 Å². The van der Waals surface area contributed by atoms with Crippen LogP contribution in [0.4, 0.5) is 5.82 Å². The number of hydrogen-bond donors (Lipinski definition) is 2. The molecule has 6 heteroatoms. The molecule has 4 nitrogen and oxygen atoms in total. The Morgan fingerprint density at radius 2 is 2.25 bits per heavy atom. The van der Waals surface area contributed by atoms with Crippen LogP contribution in [0.3, 0.4) is 0 Å². The number of nitrogens with zero attached hydrogens (tertiary/aromatic N) is 2. The zero-order valence-corrected chi connectivity index (χ0v) is 13.7. The van der Waals surface area contributed by atoms with E-state index in [4.69, 9.17) is 12.2 Å². The third kappa shape index (κ3) is 4.66. The van der Waals surface area contributed by atoms with Crippen molar-refractivity contribution in [2.45, 2.75) is 44.6 Å². The molecule has 0 amide bonds. The van der Waals surface area contributed by atoms with Gasteiger partial charge in [-0.2, -0.15) is 16.9 Å². The average Bonchev–Trinajstić information content (AvgIpc) is 2.92. The molecule has 1 aromatic heterocycles. The fourth-order valence-corrected chi connectivity index (χ4v) is 3.25. The van der Waals surface area contributed by atoms with Gasteiger partial charge in [-0.15, -0.1) is 0 Å². The molecule has 0 bridgehead atoms. The zero-order valence-electron chi connectivity index (χ0n) is 12.1. The molecule has 1 fully saturated rings. The maximum Gasteiger partial charge on any atom is 0.171 e. The lowest BCUT2D eigenvalue weighted by atomic mass is 9.96. The van der Waals surface area contributed by atoms with Crippen molar-refractivity contribution in [3.63, 3.8) is 0 Å². The minimum Gasteiger partial charge on any atom is -0.362 e. The van der Waals surface area contributed by atoms with E-state index in [1.807, 2.05) is 24.0 Å². The molecule has 0 radical (unpaired) electrons. The van der Waals surface area contributed by atoms with Crippen LogP contribution in [0.2, 0.25) is 0 Å². The van der Waals surface area contributed by atoms with E-state index >= 15 is 0 Å². The molecule has 1 aromatic rings. The van der Waals surface area contributed by atoms with E-state index in [2.05, 4.69) is 26.7 Å². The van der Waals surface area contributed by atoms with Crippen LogP contribution in [0.5, 0.6) is 0 Å². The van der Waals surface area contributed by atoms with Crippen molar-refractivity contribution >= 4 is 34.9 Å². The van der Waals surface area contributed by atoms with Crippen LogP contribution < -0.4 is 10.6 Å². The Morgan fingerprint density at radius 3 is 3.00 bits per heavy atom. The third-order valence-electron chi connectivity index (χ3n) is 3.64. The second-order valence-electron chi connectivity index (χ2n) is 5.18. The van der Waals surface area contributed by atoms with Crippen LogP contribution in [0.15, 0.2) is 12.3 Å². The predicted molar refractivity (Wildman–Crippen MR) is 91.6 cm³/mol. The van der Waals surface area contributed by atoms with Crippen molar-refractivity contribution < 1.29 is 0 Å². The number of nitrogens with one attached hydrogen (secondary N) is 2. The Kier molecular flexibility index (Phi) is 6.66. The number of hydrogen-bond acceptors (Lipinski definition) is 3. The second kappa shape index (κ2) is 8.52. The highest BCUT2D eigenvalue weighted by Gasteiger charge is 2.18. The first-order valence-electron chi connectivity index (χ1n) is 7.38. The number of anilines is 1. The van der Waals surface area contributed by atoms with Gasteiger partial charge in [0.1, 0.15) is 5.82 Å². The molecule has 112 valence electrons. The Balaban J connectivity index is 1.83. The van der Waals surface area contributed by atoms with Crippen LogP contribution in [-0.4, -0.2) is 33.4 Å². The van der Waals surface area contributed by atoms with E-state index < -0.39 is 0 Å². The van der Waals surface area contributed by atoms with Crippen LogP contribution in [-0.2, 0) is 0 Å². The lowest BCUT2D eigenvalue weighted by molar-refractivity contribution is 0.333. The normalized spacial score (nSPS) is 16.1. The molecule has 0 atom stereocenters. The molecule has 1 saturated carbocycles. The molecule has 2 N–H and O–H groups in total. The minimum atomic E-state index is 0.528. The first-order valence-corrected chi connectivity index (χ1v) is 9.19. The summed E-state index contributed by atoms with van der Waals surface area (Å²) in [6.45, 7) is 0.921. The first kappa shape index (κ1) is 15.6. The van der Waals surface area contributed by atoms with Gasteiger partial charge in [0.2, 0.25) is 0 Å². The van der Waals surface area contributed by atoms with Crippen molar-refractivity contribution in [3.05, 3.63) is 12.3 Å². The van der Waals surface area contributed by atoms with Gasteiger partial charge < -0.3 is 10.6 Å². The van der Waals surface area contributed by atoms with Crippen LogP contribution in [0.25, 0.3) is 0 Å². The minimum absolute atomic E-state index is 0.528. The summed E-state index contributed by atoms with van der Waals surface area (Å²) in [5.41, 5.74) is 0. The maximum atomic E-state index is 5.34. The Morgan fingerprint density at radius 1 is 1.45 bits per heavy atom. The fourth-order valence-electron chi connectivity index (χ4n) is 2.61. The van der Waals surface area contributed by atoms with Gasteiger partial charge in [-0.05, 0) is 43.5 Å². The molecule has 0 unspecified atom stereocenters. The molecule has 1 heterocycles. The van der Waals surface area contributed by atoms with Crippen LogP contribution >= 0.6 is 24.0 Å². The largest absolute Gasteiger partial charge is 0.362 e. The third-order valence-corrected chi connectivity index (χ3v) is 4.59.